The molecule has 0 saturated heterocycles. The van der Waals surface area contributed by atoms with Crippen LogP contribution in [-0.4, -0.2) is 22.2 Å². The van der Waals surface area contributed by atoms with Gasteiger partial charge in [0.05, 0.1) is 0 Å². The number of carboxylic acid groups (broad SMARTS) is 2. The lowest BCUT2D eigenvalue weighted by Crippen LogP contribution is -1.97. The van der Waals surface area contributed by atoms with Gasteiger partial charge >= 0.3 is 11.9 Å². The molecule has 0 aliphatic rings. The number of aryl methyl sites for hydroxylation is 2. The molecule has 0 aliphatic heterocycles. The van der Waals surface area contributed by atoms with Crippen LogP contribution in [0, 0.1) is 0 Å². The summed E-state index contributed by atoms with van der Waals surface area (Å²) in [6.07, 6.45) is 1.43. The maximum atomic E-state index is 10.2. The number of anilines is 2. The Morgan fingerprint density at radius 3 is 1.79 bits per heavy atom. The quantitative estimate of drug-likeness (QED) is 0.603. The highest BCUT2D eigenvalue weighted by molar-refractivity contribution is 5.67. The van der Waals surface area contributed by atoms with Gasteiger partial charge in [-0.2, -0.15) is 0 Å². The van der Waals surface area contributed by atoms with Crippen LogP contribution in [0.15, 0.2) is 48.5 Å². The largest absolute Gasteiger partial charge is 0.481 e. The van der Waals surface area contributed by atoms with Gasteiger partial charge in [-0.25, -0.2) is 0 Å². The molecule has 0 aliphatic carbocycles. The zero-order valence-electron chi connectivity index (χ0n) is 13.3. The average molecular weight is 330 g/mol. The minimum absolute atomic E-state index is 0.156. The second-order valence-electron chi connectivity index (χ2n) is 5.27. The van der Waals surface area contributed by atoms with Gasteiger partial charge in [0.2, 0.25) is 0 Å². The first-order chi connectivity index (χ1) is 11.4. The van der Waals surface area contributed by atoms with Gasteiger partial charge in [0.1, 0.15) is 0 Å². The van der Waals surface area contributed by atoms with E-state index in [0.717, 1.165) is 11.1 Å². The van der Waals surface area contributed by atoms with Crippen molar-refractivity contribution in [3.8, 4) is 0 Å². The molecule has 24 heavy (non-hydrogen) atoms. The zero-order chi connectivity index (χ0) is 17.9. The number of nitrogens with two attached hydrogens (primary N) is 2. The minimum Gasteiger partial charge on any atom is -0.481 e. The van der Waals surface area contributed by atoms with Crippen LogP contribution in [-0.2, 0) is 22.4 Å². The van der Waals surface area contributed by atoms with E-state index in [1.165, 1.54) is 0 Å². The maximum absolute atomic E-state index is 10.2. The molecule has 0 amide bonds. The van der Waals surface area contributed by atoms with Gasteiger partial charge in [-0.05, 0) is 48.2 Å². The van der Waals surface area contributed by atoms with Crippen LogP contribution in [0.1, 0.15) is 24.0 Å². The second-order valence-corrected chi connectivity index (χ2v) is 5.27. The van der Waals surface area contributed by atoms with Crippen LogP contribution in [0.4, 0.5) is 11.4 Å². The van der Waals surface area contributed by atoms with Gasteiger partial charge in [0.25, 0.3) is 0 Å². The molecule has 6 N–H and O–H groups in total. The number of hydrogen-bond donors (Lipinski definition) is 4. The van der Waals surface area contributed by atoms with Crippen LogP contribution < -0.4 is 11.5 Å². The fraction of sp³-hybridized carbons (Fsp3) is 0.222. The van der Waals surface area contributed by atoms with E-state index < -0.39 is 11.9 Å². The van der Waals surface area contributed by atoms with Gasteiger partial charge in [0, 0.05) is 24.2 Å². The van der Waals surface area contributed by atoms with Crippen molar-refractivity contribution >= 4 is 23.3 Å². The third-order valence-electron chi connectivity index (χ3n) is 3.19. The standard InChI is InChI=1S/2C9H11NO2/c10-8-4-1-7(2-5-8)3-6-9(11)12;10-8-3-1-2-7(6-8)4-5-9(11)12/h1-2,4-5H,3,6,10H2,(H,11,12);1-3,6H,4-5,10H2,(H,11,12). The second kappa shape index (κ2) is 9.89. The van der Waals surface area contributed by atoms with Crippen molar-refractivity contribution in [3.63, 3.8) is 0 Å². The lowest BCUT2D eigenvalue weighted by molar-refractivity contribution is -0.138. The number of nitrogen functional groups attached to an aromatic ring is 2. The van der Waals surface area contributed by atoms with Gasteiger partial charge in [-0.15, -0.1) is 0 Å². The summed E-state index contributed by atoms with van der Waals surface area (Å²) in [7, 11) is 0. The number of benzene rings is 2. The summed E-state index contributed by atoms with van der Waals surface area (Å²) in [5, 5.41) is 16.8. The molecule has 2 rings (SSSR count). The third-order valence-corrected chi connectivity index (χ3v) is 3.19. The number of carboxylic acids is 2. The Balaban J connectivity index is 0.000000240. The number of rotatable bonds is 6. The van der Waals surface area contributed by atoms with Gasteiger partial charge in [-0.1, -0.05) is 24.3 Å². The molecule has 0 saturated carbocycles. The number of hydrogen-bond acceptors (Lipinski definition) is 4. The lowest BCUT2D eigenvalue weighted by atomic mass is 10.1. The predicted molar refractivity (Wildman–Crippen MR) is 93.6 cm³/mol. The molecule has 0 heterocycles. The minimum atomic E-state index is -0.780. The van der Waals surface area contributed by atoms with Crippen molar-refractivity contribution in [2.75, 3.05) is 11.5 Å². The molecule has 0 aromatic heterocycles. The molecular weight excluding hydrogens is 308 g/mol. The Kier molecular flexibility index (Phi) is 7.84. The summed E-state index contributed by atoms with van der Waals surface area (Å²) >= 11 is 0. The van der Waals surface area contributed by atoms with E-state index in [1.807, 2.05) is 24.3 Å². The number of aliphatic carboxylic acids is 2. The van der Waals surface area contributed by atoms with Crippen molar-refractivity contribution in [2.45, 2.75) is 25.7 Å². The molecular formula is C18H22N2O4. The first kappa shape index (κ1) is 19.0. The topological polar surface area (TPSA) is 127 Å². The highest BCUT2D eigenvalue weighted by Gasteiger charge is 1.99. The summed E-state index contributed by atoms with van der Waals surface area (Å²) in [5.74, 6) is -1.55. The lowest BCUT2D eigenvalue weighted by Gasteiger charge is -1.98. The molecule has 0 fully saturated rings. The van der Waals surface area contributed by atoms with Crippen molar-refractivity contribution in [1.29, 1.82) is 0 Å². The van der Waals surface area contributed by atoms with Crippen molar-refractivity contribution in [2.24, 2.45) is 0 Å². The molecule has 128 valence electrons. The molecule has 6 nitrogen and oxygen atoms in total. The fourth-order valence-electron chi connectivity index (χ4n) is 1.94. The molecule has 0 unspecified atom stereocenters. The summed E-state index contributed by atoms with van der Waals surface area (Å²) in [6, 6.07) is 14.5. The van der Waals surface area contributed by atoms with Crippen molar-refractivity contribution in [1.82, 2.24) is 0 Å². The normalized spacial score (nSPS) is 9.67. The summed E-state index contributed by atoms with van der Waals surface area (Å²) in [6.45, 7) is 0. The van der Waals surface area contributed by atoms with E-state index in [1.54, 1.807) is 24.3 Å². The first-order valence-corrected chi connectivity index (χ1v) is 7.49. The Morgan fingerprint density at radius 1 is 0.750 bits per heavy atom. The number of carbonyl (C=O) groups is 2. The Bertz CT molecular complexity index is 669. The highest BCUT2D eigenvalue weighted by Crippen LogP contribution is 2.08. The Hall–Kier alpha value is -3.02. The van der Waals surface area contributed by atoms with Crippen LogP contribution in [0.25, 0.3) is 0 Å². The first-order valence-electron chi connectivity index (χ1n) is 7.49. The van der Waals surface area contributed by atoms with Crippen LogP contribution >= 0.6 is 0 Å². The highest BCUT2D eigenvalue weighted by atomic mass is 16.4. The maximum Gasteiger partial charge on any atom is 0.303 e. The molecule has 0 radical (unpaired) electrons. The smallest absolute Gasteiger partial charge is 0.303 e. The molecule has 2 aromatic carbocycles. The molecule has 6 heteroatoms. The van der Waals surface area contributed by atoms with E-state index >= 15 is 0 Å². The van der Waals surface area contributed by atoms with Gasteiger partial charge in [-0.3, -0.25) is 9.59 Å². The summed E-state index contributed by atoms with van der Waals surface area (Å²) in [4.78, 5) is 20.4. The van der Waals surface area contributed by atoms with Crippen molar-refractivity contribution in [3.05, 3.63) is 59.7 Å². The summed E-state index contributed by atoms with van der Waals surface area (Å²) in [5.41, 5.74) is 14.3. The molecule has 0 atom stereocenters. The zero-order valence-corrected chi connectivity index (χ0v) is 13.3. The van der Waals surface area contributed by atoms with E-state index in [2.05, 4.69) is 0 Å². The van der Waals surface area contributed by atoms with Crippen LogP contribution in [0.3, 0.4) is 0 Å². The van der Waals surface area contributed by atoms with E-state index in [9.17, 15) is 9.59 Å². The molecule has 2 aromatic rings. The van der Waals surface area contributed by atoms with Crippen LogP contribution in [0.5, 0.6) is 0 Å². The summed E-state index contributed by atoms with van der Waals surface area (Å²) < 4.78 is 0. The fourth-order valence-corrected chi connectivity index (χ4v) is 1.94. The van der Waals surface area contributed by atoms with Gasteiger partial charge in [0.15, 0.2) is 0 Å². The third kappa shape index (κ3) is 8.43. The Morgan fingerprint density at radius 2 is 1.29 bits per heavy atom. The monoisotopic (exact) mass is 330 g/mol. The SMILES string of the molecule is Nc1ccc(CCC(=O)O)cc1.Nc1cccc(CCC(=O)O)c1. The van der Waals surface area contributed by atoms with Crippen LogP contribution in [0.2, 0.25) is 0 Å². The molecule has 0 spiro atoms. The van der Waals surface area contributed by atoms with E-state index in [-0.39, 0.29) is 12.8 Å². The van der Waals surface area contributed by atoms with Gasteiger partial charge < -0.3 is 21.7 Å². The average Bonchev–Trinajstić information content (AvgIpc) is 2.53. The van der Waals surface area contributed by atoms with E-state index in [0.29, 0.717) is 24.2 Å². The van der Waals surface area contributed by atoms with Crippen molar-refractivity contribution < 1.29 is 19.8 Å². The Labute approximate surface area is 140 Å². The predicted octanol–water partition coefficient (Wildman–Crippen LogP) is 2.57. The molecule has 0 bridgehead atoms. The van der Waals surface area contributed by atoms with E-state index in [4.69, 9.17) is 21.7 Å².